The molecule has 0 aliphatic carbocycles. The van der Waals surface area contributed by atoms with E-state index < -0.39 is 0 Å². The van der Waals surface area contributed by atoms with Gasteiger partial charge in [0.25, 0.3) is 0 Å². The molecule has 0 bridgehead atoms. The minimum Gasteiger partial charge on any atom is -0.253 e. The Kier molecular flexibility index (Phi) is 5.40. The van der Waals surface area contributed by atoms with Gasteiger partial charge in [-0.15, -0.1) is 17.0 Å². The maximum absolute atomic E-state index is 4.70. The molecule has 0 atom stereocenters. The van der Waals surface area contributed by atoms with Gasteiger partial charge in [-0.1, -0.05) is 35.0 Å². The smallest absolute Gasteiger partial charge is 0.209 e. The van der Waals surface area contributed by atoms with Crippen LogP contribution in [0.25, 0.3) is 0 Å². The van der Waals surface area contributed by atoms with Crippen molar-refractivity contribution in [1.29, 1.82) is 0 Å². The fourth-order valence-electron chi connectivity index (χ4n) is 1.94. The van der Waals surface area contributed by atoms with Crippen LogP contribution in [0.2, 0.25) is 0 Å². The van der Waals surface area contributed by atoms with Crippen molar-refractivity contribution in [3.8, 4) is 0 Å². The highest BCUT2D eigenvalue weighted by molar-refractivity contribution is 9.10. The number of hydrogen-bond donors (Lipinski definition) is 0. The first-order valence-corrected chi connectivity index (χ1v) is 7.76. The maximum Gasteiger partial charge on any atom is 0.209 e. The summed E-state index contributed by atoms with van der Waals surface area (Å²) in [4.78, 5) is 4.55. The highest BCUT2D eigenvalue weighted by Crippen LogP contribution is 2.26. The Hall–Kier alpha value is -0.660. The van der Waals surface area contributed by atoms with Crippen molar-refractivity contribution in [2.75, 3.05) is 6.54 Å². The molecule has 1 aromatic carbocycles. The first-order valence-electron chi connectivity index (χ1n) is 6.20. The van der Waals surface area contributed by atoms with E-state index in [0.29, 0.717) is 6.54 Å². The van der Waals surface area contributed by atoms with Crippen molar-refractivity contribution in [3.63, 3.8) is 0 Å². The number of nitrogens with zero attached hydrogens (tertiary/aromatic N) is 4. The Morgan fingerprint density at radius 1 is 1.30 bits per heavy atom. The molecule has 20 heavy (non-hydrogen) atoms. The Bertz CT molecular complexity index is 581. The first kappa shape index (κ1) is 15.7. The predicted molar refractivity (Wildman–Crippen MR) is 95.1 cm³/mol. The quantitative estimate of drug-likeness (QED) is 0.689. The fraction of sp³-hybridized carbons (Fsp3) is 0.308. The second-order valence-electron chi connectivity index (χ2n) is 4.31. The van der Waals surface area contributed by atoms with E-state index in [0.717, 1.165) is 39.6 Å². The number of fused-ring (bicyclic) bond motifs is 1. The lowest BCUT2D eigenvalue weighted by atomic mass is 10.1. The number of benzene rings is 1. The van der Waals surface area contributed by atoms with E-state index in [4.69, 9.17) is 5.10 Å². The Morgan fingerprint density at radius 2 is 2.05 bits per heavy atom. The number of aliphatic imine (C=N–C) groups is 1. The third kappa shape index (κ3) is 3.15. The van der Waals surface area contributed by atoms with Gasteiger partial charge in [-0.05, 0) is 24.1 Å². The zero-order chi connectivity index (χ0) is 13.2. The predicted octanol–water partition coefficient (Wildman–Crippen LogP) is 4.26. The Labute approximate surface area is 141 Å². The maximum atomic E-state index is 4.70. The van der Waals surface area contributed by atoms with Crippen LogP contribution in [0.4, 0.5) is 0 Å². The van der Waals surface area contributed by atoms with Crippen LogP contribution in [0.3, 0.4) is 0 Å². The summed E-state index contributed by atoms with van der Waals surface area (Å²) in [5, 5.41) is 7.47. The van der Waals surface area contributed by atoms with E-state index in [9.17, 15) is 0 Å². The van der Waals surface area contributed by atoms with Crippen molar-refractivity contribution >= 4 is 61.6 Å². The number of hydrazone groups is 1. The molecule has 0 N–H and O–H groups in total. The molecule has 2 heterocycles. The summed E-state index contributed by atoms with van der Waals surface area (Å²) in [7, 11) is 0. The van der Waals surface area contributed by atoms with E-state index in [1.54, 1.807) is 0 Å². The molecule has 0 saturated heterocycles. The Morgan fingerprint density at radius 3 is 2.75 bits per heavy atom. The van der Waals surface area contributed by atoms with E-state index in [1.807, 2.05) is 17.1 Å². The van der Waals surface area contributed by atoms with Crippen LogP contribution in [0.5, 0.6) is 0 Å². The monoisotopic (exact) mass is 416 g/mol. The minimum absolute atomic E-state index is 0. The van der Waals surface area contributed by atoms with Crippen molar-refractivity contribution in [3.05, 3.63) is 34.3 Å². The second-order valence-corrected chi connectivity index (χ2v) is 5.96. The van der Waals surface area contributed by atoms with Gasteiger partial charge < -0.3 is 0 Å². The summed E-state index contributed by atoms with van der Waals surface area (Å²) >= 11 is 4.87. The molecule has 7 heteroatoms. The first-order chi connectivity index (χ1) is 9.28. The third-order valence-corrected chi connectivity index (χ3v) is 4.19. The van der Waals surface area contributed by atoms with Gasteiger partial charge in [-0.25, -0.2) is 0 Å². The zero-order valence-corrected chi connectivity index (χ0v) is 15.0. The molecule has 0 saturated carbocycles. The number of rotatable bonds is 3. The zero-order valence-electron chi connectivity index (χ0n) is 10.9. The summed E-state index contributed by atoms with van der Waals surface area (Å²) in [5.41, 5.74) is 2.10. The summed E-state index contributed by atoms with van der Waals surface area (Å²) in [6, 6.07) is 8.17. The molecule has 0 radical (unpaired) electrons. The molecule has 2 aliphatic heterocycles. The molecule has 3 rings (SSSR count). The number of amidine groups is 2. The highest BCUT2D eigenvalue weighted by Gasteiger charge is 2.27. The molecule has 0 spiro atoms. The standard InChI is InChI=1S/C13H13BrN4S.BrH/c1-2-3-12-17-19-13-15-8-11(16-18(12)13)9-4-6-10(14)7-5-9;/h4-7H,2-3,8H2,1H3;1H. The summed E-state index contributed by atoms with van der Waals surface area (Å²) < 4.78 is 5.50. The van der Waals surface area contributed by atoms with Crippen molar-refractivity contribution in [2.24, 2.45) is 14.5 Å². The van der Waals surface area contributed by atoms with Gasteiger partial charge in [0.2, 0.25) is 5.17 Å². The van der Waals surface area contributed by atoms with Gasteiger partial charge in [0.1, 0.15) is 5.84 Å². The summed E-state index contributed by atoms with van der Waals surface area (Å²) in [5.74, 6) is 1.00. The van der Waals surface area contributed by atoms with Gasteiger partial charge in [-0.2, -0.15) is 14.5 Å². The SMILES string of the molecule is Br.CCCC1=NSC2=NCC(c3ccc(Br)cc3)=NN12. The average molecular weight is 418 g/mol. The van der Waals surface area contributed by atoms with Crippen molar-refractivity contribution in [2.45, 2.75) is 19.8 Å². The minimum atomic E-state index is 0. The van der Waals surface area contributed by atoms with Crippen LogP contribution in [-0.2, 0) is 0 Å². The van der Waals surface area contributed by atoms with E-state index in [-0.39, 0.29) is 17.0 Å². The second kappa shape index (κ2) is 6.87. The molecular formula is C13H14Br2N4S. The normalized spacial score (nSPS) is 16.9. The molecule has 0 fully saturated rings. The van der Waals surface area contributed by atoms with Gasteiger partial charge in [-0.3, -0.25) is 4.99 Å². The van der Waals surface area contributed by atoms with Crippen LogP contribution in [0, 0.1) is 0 Å². The van der Waals surface area contributed by atoms with E-state index in [1.165, 1.54) is 11.9 Å². The summed E-state index contributed by atoms with van der Waals surface area (Å²) in [6.07, 6.45) is 2.00. The van der Waals surface area contributed by atoms with Crippen molar-refractivity contribution in [1.82, 2.24) is 5.01 Å². The largest absolute Gasteiger partial charge is 0.253 e. The van der Waals surface area contributed by atoms with Gasteiger partial charge in [0.05, 0.1) is 24.2 Å². The van der Waals surface area contributed by atoms with Crippen LogP contribution in [0.1, 0.15) is 25.3 Å². The lowest BCUT2D eigenvalue weighted by Crippen LogP contribution is -2.31. The van der Waals surface area contributed by atoms with Crippen LogP contribution in [-0.4, -0.2) is 28.3 Å². The topological polar surface area (TPSA) is 40.3 Å². The molecular weight excluding hydrogens is 404 g/mol. The average Bonchev–Trinajstić information content (AvgIpc) is 2.83. The molecule has 0 aromatic heterocycles. The molecule has 4 nitrogen and oxygen atoms in total. The lowest BCUT2D eigenvalue weighted by molar-refractivity contribution is 0.642. The van der Waals surface area contributed by atoms with Crippen molar-refractivity contribution < 1.29 is 0 Å². The summed E-state index contributed by atoms with van der Waals surface area (Å²) in [6.45, 7) is 2.76. The van der Waals surface area contributed by atoms with Crippen LogP contribution >= 0.6 is 44.9 Å². The van der Waals surface area contributed by atoms with E-state index in [2.05, 4.69) is 44.4 Å². The molecule has 1 aromatic rings. The molecule has 2 aliphatic rings. The van der Waals surface area contributed by atoms with Gasteiger partial charge in [0.15, 0.2) is 0 Å². The fourth-order valence-corrected chi connectivity index (χ4v) is 2.90. The lowest BCUT2D eigenvalue weighted by Gasteiger charge is -2.20. The molecule has 0 unspecified atom stereocenters. The highest BCUT2D eigenvalue weighted by atomic mass is 79.9. The third-order valence-electron chi connectivity index (χ3n) is 2.89. The Balaban J connectivity index is 0.00000147. The van der Waals surface area contributed by atoms with Crippen LogP contribution < -0.4 is 0 Å². The molecule has 0 amide bonds. The van der Waals surface area contributed by atoms with E-state index >= 15 is 0 Å². The molecule has 106 valence electrons. The number of halogens is 2. The van der Waals surface area contributed by atoms with Crippen LogP contribution in [0.15, 0.2) is 43.2 Å². The van der Waals surface area contributed by atoms with Gasteiger partial charge in [0, 0.05) is 10.9 Å². The van der Waals surface area contributed by atoms with Gasteiger partial charge >= 0.3 is 0 Å². The number of hydrogen-bond acceptors (Lipinski definition) is 5.